The molecule has 0 spiro atoms. The molecule has 4 nitrogen and oxygen atoms in total. The molecule has 0 aliphatic heterocycles. The first kappa shape index (κ1) is 21.9. The molecule has 1 atom stereocenters. The van der Waals surface area contributed by atoms with Gasteiger partial charge in [0.2, 0.25) is 10.0 Å². The molecule has 0 radical (unpaired) electrons. The summed E-state index contributed by atoms with van der Waals surface area (Å²) in [6.07, 6.45) is 4.83. The van der Waals surface area contributed by atoms with E-state index in [1.165, 1.54) is 0 Å². The number of ether oxygens (including phenoxy) is 1. The minimum Gasteiger partial charge on any atom is -0.381 e. The maximum Gasteiger partial charge on any atom is 0.243 e. The van der Waals surface area contributed by atoms with Gasteiger partial charge in [0.05, 0.1) is 0 Å². The third-order valence-electron chi connectivity index (χ3n) is 3.94. The molecule has 0 bridgehead atoms. The second kappa shape index (κ2) is 10.8. The lowest BCUT2D eigenvalue weighted by atomic mass is 10.0. The highest BCUT2D eigenvalue weighted by atomic mass is 32.2. The van der Waals surface area contributed by atoms with Crippen molar-refractivity contribution >= 4 is 10.0 Å². The third kappa shape index (κ3) is 6.95. The Labute approximate surface area is 147 Å². The van der Waals surface area contributed by atoms with E-state index in [-0.39, 0.29) is 6.54 Å². The van der Waals surface area contributed by atoms with Gasteiger partial charge in [-0.25, -0.2) is 26.3 Å². The van der Waals surface area contributed by atoms with Crippen LogP contribution >= 0.6 is 0 Å². The minimum absolute atomic E-state index is 0.0204. The molecule has 1 aromatic carbocycles. The van der Waals surface area contributed by atoms with Crippen molar-refractivity contribution < 1.29 is 26.3 Å². The first-order chi connectivity index (χ1) is 11.8. The molecule has 8 heteroatoms. The summed E-state index contributed by atoms with van der Waals surface area (Å²) >= 11 is 0. The van der Waals surface area contributed by atoms with Crippen molar-refractivity contribution in [2.45, 2.75) is 50.8 Å². The summed E-state index contributed by atoms with van der Waals surface area (Å²) in [5.74, 6) is -4.46. The Hall–Kier alpha value is -1.12. The summed E-state index contributed by atoms with van der Waals surface area (Å²) in [7, 11) is -4.24. The van der Waals surface area contributed by atoms with Crippen LogP contribution in [0.15, 0.2) is 17.0 Å². The Balaban J connectivity index is 2.39. The topological polar surface area (TPSA) is 55.4 Å². The predicted octanol–water partition coefficient (Wildman–Crippen LogP) is 4.01. The second-order valence-electron chi connectivity index (χ2n) is 5.92. The quantitative estimate of drug-likeness (QED) is 0.440. The number of benzene rings is 1. The van der Waals surface area contributed by atoms with Crippen LogP contribution in [0.3, 0.4) is 0 Å². The average molecular weight is 381 g/mol. The smallest absolute Gasteiger partial charge is 0.243 e. The molecule has 144 valence electrons. The van der Waals surface area contributed by atoms with Crippen LogP contribution in [0, 0.1) is 23.4 Å². The molecule has 0 fully saturated rings. The fourth-order valence-electron chi connectivity index (χ4n) is 2.32. The fourth-order valence-corrected chi connectivity index (χ4v) is 3.46. The van der Waals surface area contributed by atoms with Gasteiger partial charge in [-0.15, -0.1) is 0 Å². The molecule has 1 rings (SSSR count). The Bertz CT molecular complexity index is 638. The van der Waals surface area contributed by atoms with E-state index in [2.05, 4.69) is 18.6 Å². The zero-order chi connectivity index (χ0) is 18.9. The van der Waals surface area contributed by atoms with Crippen molar-refractivity contribution in [3.8, 4) is 0 Å². The summed E-state index contributed by atoms with van der Waals surface area (Å²) in [5.41, 5.74) is 0. The van der Waals surface area contributed by atoms with E-state index in [9.17, 15) is 21.6 Å². The lowest BCUT2D eigenvalue weighted by molar-refractivity contribution is 0.0928. The van der Waals surface area contributed by atoms with Crippen molar-refractivity contribution in [3.63, 3.8) is 0 Å². The number of sulfonamides is 1. The molecule has 1 unspecified atom stereocenters. The number of unbranched alkanes of at least 4 members (excludes halogenated alkanes) is 1. The van der Waals surface area contributed by atoms with E-state index in [0.29, 0.717) is 37.7 Å². The van der Waals surface area contributed by atoms with E-state index < -0.39 is 32.4 Å². The second-order valence-corrected chi connectivity index (χ2v) is 7.65. The molecule has 0 saturated heterocycles. The predicted molar refractivity (Wildman–Crippen MR) is 90.2 cm³/mol. The fraction of sp³-hybridized carbons (Fsp3) is 0.647. The summed E-state index contributed by atoms with van der Waals surface area (Å²) in [4.78, 5) is -0.905. The molecular formula is C17H26F3NO3S. The molecule has 0 amide bonds. The van der Waals surface area contributed by atoms with Crippen molar-refractivity contribution in [3.05, 3.63) is 29.6 Å². The van der Waals surface area contributed by atoms with Crippen LogP contribution in [-0.2, 0) is 14.8 Å². The number of rotatable bonds is 12. The molecule has 0 aromatic heterocycles. The molecule has 1 N–H and O–H groups in total. The van der Waals surface area contributed by atoms with E-state index in [1.54, 1.807) is 0 Å². The Morgan fingerprint density at radius 3 is 2.48 bits per heavy atom. The maximum atomic E-state index is 13.6. The van der Waals surface area contributed by atoms with Crippen LogP contribution < -0.4 is 4.72 Å². The number of hydrogen-bond donors (Lipinski definition) is 1. The lowest BCUT2D eigenvalue weighted by Gasteiger charge is -2.14. The largest absolute Gasteiger partial charge is 0.381 e. The van der Waals surface area contributed by atoms with Crippen LogP contribution in [0.5, 0.6) is 0 Å². The maximum absolute atomic E-state index is 13.6. The molecule has 0 saturated carbocycles. The van der Waals surface area contributed by atoms with Crippen LogP contribution in [-0.4, -0.2) is 28.2 Å². The van der Waals surface area contributed by atoms with E-state index in [0.717, 1.165) is 25.7 Å². The zero-order valence-corrected chi connectivity index (χ0v) is 15.5. The standard InChI is InChI=1S/C17H26F3NO3S/c1-3-5-7-13(4-2)12-24-11-6-10-21-25(22,23)15-9-8-14(18)16(19)17(15)20/h8-9,13,21H,3-7,10-12H2,1-2H3. The van der Waals surface area contributed by atoms with Crippen molar-refractivity contribution in [2.75, 3.05) is 19.8 Å². The first-order valence-electron chi connectivity index (χ1n) is 8.54. The highest BCUT2D eigenvalue weighted by Gasteiger charge is 2.23. The van der Waals surface area contributed by atoms with Gasteiger partial charge in [0, 0.05) is 19.8 Å². The van der Waals surface area contributed by atoms with Crippen LogP contribution in [0.1, 0.15) is 46.0 Å². The first-order valence-corrected chi connectivity index (χ1v) is 10.0. The van der Waals surface area contributed by atoms with Crippen LogP contribution in [0.2, 0.25) is 0 Å². The number of hydrogen-bond acceptors (Lipinski definition) is 3. The molecule has 0 heterocycles. The van der Waals surface area contributed by atoms with Gasteiger partial charge in [-0.05, 0) is 30.9 Å². The Kier molecular flexibility index (Phi) is 9.45. The van der Waals surface area contributed by atoms with Crippen molar-refractivity contribution in [2.24, 2.45) is 5.92 Å². The number of halogens is 3. The highest BCUT2D eigenvalue weighted by molar-refractivity contribution is 7.89. The zero-order valence-electron chi connectivity index (χ0n) is 14.7. The van der Waals surface area contributed by atoms with Crippen LogP contribution in [0.4, 0.5) is 13.2 Å². The molecular weight excluding hydrogens is 355 g/mol. The van der Waals surface area contributed by atoms with Gasteiger partial charge < -0.3 is 4.74 Å². The van der Waals surface area contributed by atoms with Gasteiger partial charge in [0.15, 0.2) is 17.5 Å². The summed E-state index contributed by atoms with van der Waals surface area (Å²) in [5, 5.41) is 0. The van der Waals surface area contributed by atoms with Gasteiger partial charge in [-0.3, -0.25) is 0 Å². The van der Waals surface area contributed by atoms with Crippen molar-refractivity contribution in [1.82, 2.24) is 4.72 Å². The van der Waals surface area contributed by atoms with E-state index >= 15 is 0 Å². The molecule has 0 aliphatic carbocycles. The van der Waals surface area contributed by atoms with Gasteiger partial charge in [-0.1, -0.05) is 33.1 Å². The van der Waals surface area contributed by atoms with Gasteiger partial charge in [0.25, 0.3) is 0 Å². The number of nitrogens with one attached hydrogen (secondary N) is 1. The Morgan fingerprint density at radius 2 is 1.84 bits per heavy atom. The van der Waals surface area contributed by atoms with E-state index in [4.69, 9.17) is 4.74 Å². The summed E-state index contributed by atoms with van der Waals surface area (Å²) < 4.78 is 71.2. The normalized spacial score (nSPS) is 13.2. The highest BCUT2D eigenvalue weighted by Crippen LogP contribution is 2.19. The van der Waals surface area contributed by atoms with Gasteiger partial charge >= 0.3 is 0 Å². The van der Waals surface area contributed by atoms with Gasteiger partial charge in [0.1, 0.15) is 4.90 Å². The summed E-state index contributed by atoms with van der Waals surface area (Å²) in [6.45, 7) is 5.25. The van der Waals surface area contributed by atoms with Crippen LogP contribution in [0.25, 0.3) is 0 Å². The van der Waals surface area contributed by atoms with E-state index in [1.807, 2.05) is 0 Å². The molecule has 0 aliphatic rings. The minimum atomic E-state index is -4.24. The third-order valence-corrected chi connectivity index (χ3v) is 5.42. The molecule has 25 heavy (non-hydrogen) atoms. The lowest BCUT2D eigenvalue weighted by Crippen LogP contribution is -2.27. The van der Waals surface area contributed by atoms with Crippen molar-refractivity contribution in [1.29, 1.82) is 0 Å². The average Bonchev–Trinajstić information content (AvgIpc) is 2.58. The Morgan fingerprint density at radius 1 is 1.12 bits per heavy atom. The molecule has 1 aromatic rings. The SMILES string of the molecule is CCCCC(CC)COCCCNS(=O)(=O)c1ccc(F)c(F)c1F. The monoisotopic (exact) mass is 381 g/mol. The summed E-state index contributed by atoms with van der Waals surface area (Å²) in [6, 6.07) is 1.28. The van der Waals surface area contributed by atoms with Gasteiger partial charge in [-0.2, -0.15) is 0 Å².